The summed E-state index contributed by atoms with van der Waals surface area (Å²) in [5.41, 5.74) is 5.27. The van der Waals surface area contributed by atoms with E-state index in [0.717, 1.165) is 27.7 Å². The molecular weight excluding hydrogens is 450 g/mol. The zero-order chi connectivity index (χ0) is 26.3. The Hall–Kier alpha value is -3.95. The molecule has 2 unspecified atom stereocenters. The summed E-state index contributed by atoms with van der Waals surface area (Å²) in [6.45, 7) is 2.72. The van der Waals surface area contributed by atoms with Gasteiger partial charge in [-0.15, -0.1) is 0 Å². The van der Waals surface area contributed by atoms with E-state index >= 15 is 0 Å². The van der Waals surface area contributed by atoms with Crippen molar-refractivity contribution < 1.29 is 18.8 Å². The van der Waals surface area contributed by atoms with Gasteiger partial charge in [-0.25, -0.2) is 0 Å². The Kier molecular flexibility index (Phi) is 8.63. The van der Waals surface area contributed by atoms with E-state index in [-0.39, 0.29) is 5.91 Å². The van der Waals surface area contributed by atoms with Crippen molar-refractivity contribution in [2.24, 2.45) is 5.92 Å². The van der Waals surface area contributed by atoms with Crippen molar-refractivity contribution in [3.63, 3.8) is 0 Å². The summed E-state index contributed by atoms with van der Waals surface area (Å²) < 4.78 is 5.84. The van der Waals surface area contributed by atoms with Gasteiger partial charge in [0.25, 0.3) is 5.91 Å². The Morgan fingerprint density at radius 2 is 1.61 bits per heavy atom. The van der Waals surface area contributed by atoms with Crippen molar-refractivity contribution >= 4 is 11.9 Å². The number of hydrogen-bond donors (Lipinski definition) is 1. The Balaban J connectivity index is 1.71. The zero-order valence-corrected chi connectivity index (χ0v) is 21.6. The molecular formula is C30H34N3O3+. The van der Waals surface area contributed by atoms with Crippen LogP contribution in [0.2, 0.25) is 0 Å². The van der Waals surface area contributed by atoms with Gasteiger partial charge < -0.3 is 14.5 Å². The maximum Gasteiger partial charge on any atom is 0.311 e. The molecule has 0 saturated carbocycles. The van der Waals surface area contributed by atoms with Gasteiger partial charge in [-0.1, -0.05) is 42.5 Å². The van der Waals surface area contributed by atoms with E-state index in [9.17, 15) is 9.59 Å². The number of carbonyl (C=O) groups is 2. The number of rotatable bonds is 9. The molecule has 36 heavy (non-hydrogen) atoms. The van der Waals surface area contributed by atoms with E-state index in [1.54, 1.807) is 37.3 Å². The number of hydrogen-bond acceptors (Lipinski definition) is 4. The molecule has 3 aromatic carbocycles. The number of benzene rings is 3. The number of methoxy groups -OCH3 is 1. The zero-order valence-electron chi connectivity index (χ0n) is 21.6. The highest BCUT2D eigenvalue weighted by atomic mass is 16.5. The van der Waals surface area contributed by atoms with Crippen LogP contribution in [0.5, 0.6) is 0 Å². The third-order valence-electron chi connectivity index (χ3n) is 6.04. The summed E-state index contributed by atoms with van der Waals surface area (Å²) in [5, 5.41) is 12.1. The predicted molar refractivity (Wildman–Crippen MR) is 141 cm³/mol. The fourth-order valence-electron chi connectivity index (χ4n) is 4.24. The van der Waals surface area contributed by atoms with Crippen LogP contribution in [0.4, 0.5) is 0 Å². The molecule has 0 heterocycles. The van der Waals surface area contributed by atoms with Crippen molar-refractivity contribution in [3.8, 4) is 17.2 Å². The number of quaternary nitrogens is 1. The molecule has 6 heteroatoms. The molecule has 0 fully saturated rings. The van der Waals surface area contributed by atoms with Crippen LogP contribution < -0.4 is 5.32 Å². The first-order chi connectivity index (χ1) is 17.1. The van der Waals surface area contributed by atoms with Gasteiger partial charge in [0, 0.05) is 17.2 Å². The molecule has 3 rings (SSSR count). The van der Waals surface area contributed by atoms with Crippen LogP contribution in [0, 0.1) is 17.2 Å². The standard InChI is InChI=1S/C30H33N3O3/c1-21(28(30(35)36-5)18-22-8-6-9-23(16-22)19-31)32-29(34)26-14-12-25(13-15-26)27-11-7-10-24(17-27)20-33(2,3)4/h6-17,21,28H,18,20H2,1-5H3/p+1. The molecule has 1 amide bonds. The third kappa shape index (κ3) is 7.27. The lowest BCUT2D eigenvalue weighted by Gasteiger charge is -2.24. The van der Waals surface area contributed by atoms with Gasteiger partial charge >= 0.3 is 5.97 Å². The van der Waals surface area contributed by atoms with Crippen LogP contribution in [0.25, 0.3) is 11.1 Å². The Morgan fingerprint density at radius 3 is 2.25 bits per heavy atom. The number of carbonyl (C=O) groups excluding carboxylic acids is 2. The average Bonchev–Trinajstić information content (AvgIpc) is 2.86. The van der Waals surface area contributed by atoms with Crippen LogP contribution >= 0.6 is 0 Å². The minimum Gasteiger partial charge on any atom is -0.469 e. The second kappa shape index (κ2) is 11.7. The molecule has 0 saturated heterocycles. The average molecular weight is 485 g/mol. The molecule has 186 valence electrons. The van der Waals surface area contributed by atoms with Gasteiger partial charge in [-0.3, -0.25) is 9.59 Å². The van der Waals surface area contributed by atoms with Gasteiger partial charge in [0.2, 0.25) is 0 Å². The number of ether oxygens (including phenoxy) is 1. The number of esters is 1. The van der Waals surface area contributed by atoms with Crippen LogP contribution in [0.15, 0.2) is 72.8 Å². The predicted octanol–water partition coefficient (Wildman–Crippen LogP) is 4.58. The smallest absolute Gasteiger partial charge is 0.311 e. The Morgan fingerprint density at radius 1 is 0.944 bits per heavy atom. The lowest BCUT2D eigenvalue weighted by atomic mass is 9.92. The number of nitriles is 1. The minimum absolute atomic E-state index is 0.257. The monoisotopic (exact) mass is 484 g/mol. The van der Waals surface area contributed by atoms with Gasteiger partial charge in [0.1, 0.15) is 6.54 Å². The second-order valence-electron chi connectivity index (χ2n) is 10.1. The highest BCUT2D eigenvalue weighted by Gasteiger charge is 2.28. The maximum absolute atomic E-state index is 13.0. The highest BCUT2D eigenvalue weighted by molar-refractivity contribution is 5.95. The summed E-state index contributed by atoms with van der Waals surface area (Å²) in [7, 11) is 7.82. The maximum atomic E-state index is 13.0. The van der Waals surface area contributed by atoms with E-state index in [0.29, 0.717) is 17.5 Å². The molecule has 0 aliphatic rings. The summed E-state index contributed by atoms with van der Waals surface area (Å²) in [5.74, 6) is -1.25. The SMILES string of the molecule is COC(=O)C(Cc1cccc(C#N)c1)C(C)NC(=O)c1ccc(-c2cccc(C[N+](C)(C)C)c2)cc1. The first kappa shape index (κ1) is 26.7. The quantitative estimate of drug-likeness (QED) is 0.356. The van der Waals surface area contributed by atoms with E-state index in [1.807, 2.05) is 18.2 Å². The van der Waals surface area contributed by atoms with Crippen molar-refractivity contribution in [1.82, 2.24) is 5.32 Å². The fourth-order valence-corrected chi connectivity index (χ4v) is 4.24. The molecule has 0 aliphatic carbocycles. The normalized spacial score (nSPS) is 12.8. The van der Waals surface area contributed by atoms with Crippen LogP contribution in [-0.4, -0.2) is 50.7 Å². The van der Waals surface area contributed by atoms with E-state index in [1.165, 1.54) is 12.7 Å². The van der Waals surface area contributed by atoms with Gasteiger partial charge in [0.05, 0.1) is 45.8 Å². The fraction of sp³-hybridized carbons (Fsp3) is 0.300. The number of nitrogens with one attached hydrogen (secondary N) is 1. The molecule has 6 nitrogen and oxygen atoms in total. The first-order valence-corrected chi connectivity index (χ1v) is 12.0. The van der Waals surface area contributed by atoms with Crippen LogP contribution in [0.3, 0.4) is 0 Å². The first-order valence-electron chi connectivity index (χ1n) is 12.0. The van der Waals surface area contributed by atoms with Gasteiger partial charge in [-0.05, 0) is 60.4 Å². The van der Waals surface area contributed by atoms with Crippen molar-refractivity contribution in [3.05, 3.63) is 95.1 Å². The van der Waals surface area contributed by atoms with E-state index in [2.05, 4.69) is 56.8 Å². The van der Waals surface area contributed by atoms with E-state index < -0.39 is 17.9 Å². The topological polar surface area (TPSA) is 79.2 Å². The molecule has 0 aromatic heterocycles. The lowest BCUT2D eigenvalue weighted by Crippen LogP contribution is -2.42. The number of nitrogens with zero attached hydrogens (tertiary/aromatic N) is 2. The molecule has 3 aromatic rings. The molecule has 0 bridgehead atoms. The molecule has 2 atom stereocenters. The summed E-state index contributed by atoms with van der Waals surface area (Å²) >= 11 is 0. The largest absolute Gasteiger partial charge is 0.469 e. The third-order valence-corrected chi connectivity index (χ3v) is 6.04. The van der Waals surface area contributed by atoms with Crippen molar-refractivity contribution in [2.45, 2.75) is 25.9 Å². The molecule has 0 aliphatic heterocycles. The summed E-state index contributed by atoms with van der Waals surface area (Å²) in [6, 6.07) is 24.7. The van der Waals surface area contributed by atoms with Crippen molar-refractivity contribution in [2.75, 3.05) is 28.3 Å². The van der Waals surface area contributed by atoms with Crippen LogP contribution in [0.1, 0.15) is 34.0 Å². The molecule has 1 N–H and O–H groups in total. The van der Waals surface area contributed by atoms with Gasteiger partial charge in [0.15, 0.2) is 0 Å². The molecule has 0 radical (unpaired) electrons. The number of amides is 1. The summed E-state index contributed by atoms with van der Waals surface area (Å²) in [4.78, 5) is 25.5. The van der Waals surface area contributed by atoms with Crippen molar-refractivity contribution in [1.29, 1.82) is 5.26 Å². The second-order valence-corrected chi connectivity index (χ2v) is 10.1. The Labute approximate surface area is 213 Å². The summed E-state index contributed by atoms with van der Waals surface area (Å²) in [6.07, 6.45) is 0.353. The molecule has 0 spiro atoms. The van der Waals surface area contributed by atoms with E-state index in [4.69, 9.17) is 10.00 Å². The Bertz CT molecular complexity index is 1250. The highest BCUT2D eigenvalue weighted by Crippen LogP contribution is 2.23. The minimum atomic E-state index is -0.587. The lowest BCUT2D eigenvalue weighted by molar-refractivity contribution is -0.884. The van der Waals surface area contributed by atoms with Gasteiger partial charge in [-0.2, -0.15) is 5.26 Å². The van der Waals surface area contributed by atoms with Crippen LogP contribution in [-0.2, 0) is 22.5 Å².